The minimum Gasteiger partial charge on any atom is -0.386 e. The van der Waals surface area contributed by atoms with Gasteiger partial charge in [0.15, 0.2) is 0 Å². The number of hydrogen-bond acceptors (Lipinski definition) is 3. The molecule has 0 aromatic carbocycles. The third kappa shape index (κ3) is 2.56. The van der Waals surface area contributed by atoms with E-state index in [2.05, 4.69) is 19.9 Å². The molecular weight excluding hydrogens is 266 g/mol. The van der Waals surface area contributed by atoms with Gasteiger partial charge in [0.25, 0.3) is 0 Å². The van der Waals surface area contributed by atoms with Crippen LogP contribution in [0, 0.1) is 22.2 Å². The molecule has 1 atom stereocenters. The van der Waals surface area contributed by atoms with Gasteiger partial charge in [0, 0.05) is 4.88 Å². The van der Waals surface area contributed by atoms with Gasteiger partial charge in [0.05, 0.1) is 15.8 Å². The Balaban J connectivity index is 2.22. The summed E-state index contributed by atoms with van der Waals surface area (Å²) in [5.74, 6) is 0. The molecule has 0 amide bonds. The van der Waals surface area contributed by atoms with Gasteiger partial charge in [0.2, 0.25) is 0 Å². The summed E-state index contributed by atoms with van der Waals surface area (Å²) in [6.07, 6.45) is 2.77. The second-order valence-corrected chi connectivity index (χ2v) is 7.72. The van der Waals surface area contributed by atoms with E-state index in [9.17, 15) is 10.4 Å². The van der Waals surface area contributed by atoms with Crippen LogP contribution in [-0.4, -0.2) is 5.11 Å². The van der Waals surface area contributed by atoms with Crippen LogP contribution in [0.15, 0.2) is 12.1 Å². The van der Waals surface area contributed by atoms with Crippen LogP contribution < -0.4 is 0 Å². The molecule has 1 N–H and O–H groups in total. The van der Waals surface area contributed by atoms with Crippen molar-refractivity contribution in [2.75, 3.05) is 0 Å². The van der Waals surface area contributed by atoms with Gasteiger partial charge in [-0.25, -0.2) is 0 Å². The first-order chi connectivity index (χ1) is 8.38. The van der Waals surface area contributed by atoms with Crippen LogP contribution in [0.2, 0.25) is 4.34 Å². The summed E-state index contributed by atoms with van der Waals surface area (Å²) in [7, 11) is 0. The second-order valence-electron chi connectivity index (χ2n) is 5.98. The average Bonchev–Trinajstić information content (AvgIpc) is 2.76. The molecule has 1 heterocycles. The molecule has 4 heteroatoms. The maximum absolute atomic E-state index is 10.5. The van der Waals surface area contributed by atoms with E-state index in [-0.39, 0.29) is 5.41 Å². The molecule has 2 nitrogen and oxygen atoms in total. The third-order valence-corrected chi connectivity index (χ3v) is 5.39. The maximum Gasteiger partial charge on any atom is 0.107 e. The van der Waals surface area contributed by atoms with E-state index < -0.39 is 11.5 Å². The minimum atomic E-state index is -0.712. The van der Waals surface area contributed by atoms with Crippen LogP contribution in [0.3, 0.4) is 0 Å². The van der Waals surface area contributed by atoms with Gasteiger partial charge < -0.3 is 5.11 Å². The van der Waals surface area contributed by atoms with E-state index in [0.717, 1.165) is 30.6 Å². The number of nitriles is 1. The first-order valence-corrected chi connectivity index (χ1v) is 7.43. The lowest BCUT2D eigenvalue weighted by Gasteiger charge is -2.41. The Bertz CT molecular complexity index is 464. The third-order valence-electron chi connectivity index (χ3n) is 4.11. The van der Waals surface area contributed by atoms with Crippen LogP contribution in [0.25, 0.3) is 0 Å². The molecule has 0 radical (unpaired) electrons. The van der Waals surface area contributed by atoms with Crippen LogP contribution >= 0.6 is 22.9 Å². The molecule has 1 saturated carbocycles. The van der Waals surface area contributed by atoms with Gasteiger partial charge in [-0.15, -0.1) is 11.3 Å². The average molecular weight is 284 g/mol. The normalized spacial score (nSPS) is 23.3. The van der Waals surface area contributed by atoms with Gasteiger partial charge in [-0.05, 0) is 43.2 Å². The topological polar surface area (TPSA) is 44.0 Å². The van der Waals surface area contributed by atoms with Crippen molar-refractivity contribution in [1.82, 2.24) is 0 Å². The Hall–Kier alpha value is -0.560. The first kappa shape index (κ1) is 13.9. The Kier molecular flexibility index (Phi) is 3.73. The molecular formula is C14H18ClNOS. The zero-order valence-corrected chi connectivity index (χ0v) is 12.3. The molecule has 18 heavy (non-hydrogen) atoms. The molecule has 1 aromatic rings. The summed E-state index contributed by atoms with van der Waals surface area (Å²) in [4.78, 5) is 0.807. The van der Waals surface area contributed by atoms with E-state index in [1.54, 1.807) is 6.07 Å². The SMILES string of the molecule is CC1(C)CCC(C#N)(C(O)c2ccc(Cl)s2)CC1. The fourth-order valence-electron chi connectivity index (χ4n) is 2.57. The van der Waals surface area contributed by atoms with Crippen LogP contribution in [0.1, 0.15) is 50.5 Å². The van der Waals surface area contributed by atoms with Crippen molar-refractivity contribution < 1.29 is 5.11 Å². The number of halogens is 1. The zero-order chi connectivity index (χ0) is 13.4. The highest BCUT2D eigenvalue weighted by molar-refractivity contribution is 7.16. The van der Waals surface area contributed by atoms with Crippen molar-refractivity contribution in [3.8, 4) is 6.07 Å². The van der Waals surface area contributed by atoms with E-state index >= 15 is 0 Å². The largest absolute Gasteiger partial charge is 0.386 e. The number of rotatable bonds is 2. The highest BCUT2D eigenvalue weighted by Gasteiger charge is 2.44. The molecule has 1 unspecified atom stereocenters. The summed E-state index contributed by atoms with van der Waals surface area (Å²) in [6, 6.07) is 5.99. The van der Waals surface area contributed by atoms with E-state index in [4.69, 9.17) is 11.6 Å². The monoisotopic (exact) mass is 283 g/mol. The molecule has 1 aromatic heterocycles. The number of aliphatic hydroxyl groups excluding tert-OH is 1. The lowest BCUT2D eigenvalue weighted by Crippen LogP contribution is -2.34. The fraction of sp³-hybridized carbons (Fsp3) is 0.643. The van der Waals surface area contributed by atoms with Crippen LogP contribution in [0.4, 0.5) is 0 Å². The van der Waals surface area contributed by atoms with Gasteiger partial charge >= 0.3 is 0 Å². The standard InChI is InChI=1S/C14H18ClNOS/c1-13(2)5-7-14(9-16,8-6-13)12(17)10-3-4-11(15)18-10/h3-4,12,17H,5-8H2,1-2H3. The van der Waals surface area contributed by atoms with Gasteiger partial charge in [-0.3, -0.25) is 0 Å². The summed E-state index contributed by atoms with van der Waals surface area (Å²) in [6.45, 7) is 4.45. The number of hydrogen-bond donors (Lipinski definition) is 1. The Morgan fingerprint density at radius 2 is 1.94 bits per heavy atom. The van der Waals surface area contributed by atoms with Crippen molar-refractivity contribution in [2.45, 2.75) is 45.6 Å². The van der Waals surface area contributed by atoms with Crippen molar-refractivity contribution in [3.05, 3.63) is 21.3 Å². The zero-order valence-electron chi connectivity index (χ0n) is 10.7. The van der Waals surface area contributed by atoms with Crippen molar-refractivity contribution in [1.29, 1.82) is 5.26 Å². The minimum absolute atomic E-state index is 0.285. The Morgan fingerprint density at radius 1 is 1.33 bits per heavy atom. The fourth-order valence-corrected chi connectivity index (χ4v) is 3.73. The smallest absolute Gasteiger partial charge is 0.107 e. The summed E-state index contributed by atoms with van der Waals surface area (Å²) in [5, 5.41) is 20.0. The number of aliphatic hydroxyl groups is 1. The van der Waals surface area contributed by atoms with E-state index in [1.807, 2.05) is 6.07 Å². The van der Waals surface area contributed by atoms with Crippen molar-refractivity contribution in [2.24, 2.45) is 10.8 Å². The Labute approximate surface area is 117 Å². The maximum atomic E-state index is 10.5. The van der Waals surface area contributed by atoms with Gasteiger partial charge in [-0.2, -0.15) is 5.26 Å². The molecule has 0 saturated heterocycles. The number of nitrogens with zero attached hydrogens (tertiary/aromatic N) is 1. The molecule has 1 fully saturated rings. The molecule has 1 aliphatic carbocycles. The molecule has 1 aliphatic rings. The van der Waals surface area contributed by atoms with Crippen LogP contribution in [-0.2, 0) is 0 Å². The van der Waals surface area contributed by atoms with E-state index in [0.29, 0.717) is 4.34 Å². The highest BCUT2D eigenvalue weighted by Crippen LogP contribution is 2.51. The first-order valence-electron chi connectivity index (χ1n) is 6.23. The van der Waals surface area contributed by atoms with Gasteiger partial charge in [0.1, 0.15) is 6.10 Å². The summed E-state index contributed by atoms with van der Waals surface area (Å²) >= 11 is 7.27. The molecule has 2 rings (SSSR count). The number of thiophene rings is 1. The molecule has 0 spiro atoms. The summed E-state index contributed by atoms with van der Waals surface area (Å²) < 4.78 is 0.660. The van der Waals surface area contributed by atoms with Crippen LogP contribution in [0.5, 0.6) is 0 Å². The van der Waals surface area contributed by atoms with Gasteiger partial charge in [-0.1, -0.05) is 25.4 Å². The Morgan fingerprint density at radius 3 is 2.39 bits per heavy atom. The predicted molar refractivity (Wildman–Crippen MR) is 74.6 cm³/mol. The lowest BCUT2D eigenvalue weighted by molar-refractivity contribution is 0.0117. The molecule has 98 valence electrons. The predicted octanol–water partition coefficient (Wildman–Crippen LogP) is 4.55. The van der Waals surface area contributed by atoms with Crippen molar-refractivity contribution >= 4 is 22.9 Å². The van der Waals surface area contributed by atoms with Crippen molar-refractivity contribution in [3.63, 3.8) is 0 Å². The summed E-state index contributed by atoms with van der Waals surface area (Å²) in [5.41, 5.74) is -0.350. The quantitative estimate of drug-likeness (QED) is 0.865. The molecule has 0 aliphatic heterocycles. The highest BCUT2D eigenvalue weighted by atomic mass is 35.5. The van der Waals surface area contributed by atoms with E-state index in [1.165, 1.54) is 11.3 Å². The molecule has 0 bridgehead atoms. The lowest BCUT2D eigenvalue weighted by atomic mass is 9.63. The second kappa shape index (κ2) is 4.85.